The normalized spacial score (nSPS) is 16.0. The van der Waals surface area contributed by atoms with Crippen molar-refractivity contribution in [2.24, 2.45) is 7.05 Å². The molecule has 0 N–H and O–H groups in total. The summed E-state index contributed by atoms with van der Waals surface area (Å²) in [7, 11) is 1.73. The van der Waals surface area contributed by atoms with Gasteiger partial charge in [-0.1, -0.05) is 34.8 Å². The predicted molar refractivity (Wildman–Crippen MR) is 124 cm³/mol. The lowest BCUT2D eigenvalue weighted by atomic mass is 10.1. The Hall–Kier alpha value is -2.12. The number of carbonyl (C=O) groups is 1. The predicted octanol–water partition coefficient (Wildman–Crippen LogP) is 4.41. The van der Waals surface area contributed by atoms with Gasteiger partial charge in [-0.2, -0.15) is 0 Å². The second-order valence-corrected chi connectivity index (χ2v) is 8.90. The van der Waals surface area contributed by atoms with Gasteiger partial charge in [0.25, 0.3) is 11.5 Å². The Morgan fingerprint density at radius 3 is 2.32 bits per heavy atom. The second-order valence-electron chi connectivity index (χ2n) is 7.62. The number of piperazine rings is 1. The molecule has 1 aliphatic heterocycles. The summed E-state index contributed by atoms with van der Waals surface area (Å²) in [5, 5.41) is 1.86. The van der Waals surface area contributed by atoms with Gasteiger partial charge in [0.15, 0.2) is 0 Å². The van der Waals surface area contributed by atoms with Crippen LogP contribution in [0.15, 0.2) is 41.2 Å². The molecule has 0 saturated carbocycles. The Morgan fingerprint density at radius 2 is 1.65 bits per heavy atom. The lowest BCUT2D eigenvalue weighted by molar-refractivity contribution is 0.0572. The van der Waals surface area contributed by atoms with Gasteiger partial charge in [-0.15, -0.1) is 0 Å². The summed E-state index contributed by atoms with van der Waals surface area (Å²) in [6.45, 7) is 4.45. The summed E-state index contributed by atoms with van der Waals surface area (Å²) in [5.41, 5.74) is 0.950. The highest BCUT2D eigenvalue weighted by atomic mass is 35.5. The van der Waals surface area contributed by atoms with E-state index in [4.69, 9.17) is 39.8 Å². The van der Waals surface area contributed by atoms with Crippen molar-refractivity contribution in [3.8, 4) is 0 Å². The van der Waals surface area contributed by atoms with E-state index in [0.717, 1.165) is 0 Å². The Labute approximate surface area is 194 Å². The molecule has 3 aromatic rings. The van der Waals surface area contributed by atoms with Crippen LogP contribution in [0.2, 0.25) is 15.1 Å². The van der Waals surface area contributed by atoms with Gasteiger partial charge in [0.2, 0.25) is 0 Å². The monoisotopic (exact) mass is 478 g/mol. The minimum absolute atomic E-state index is 0.0888. The van der Waals surface area contributed by atoms with Gasteiger partial charge >= 0.3 is 0 Å². The van der Waals surface area contributed by atoms with Gasteiger partial charge in [-0.05, 0) is 43.3 Å². The van der Waals surface area contributed by atoms with Gasteiger partial charge in [-0.25, -0.2) is 4.98 Å². The Bertz CT molecular complexity index is 1220. The summed E-state index contributed by atoms with van der Waals surface area (Å²) in [5.74, 6) is 0.572. The lowest BCUT2D eigenvalue weighted by Crippen LogP contribution is -2.50. The van der Waals surface area contributed by atoms with Crippen LogP contribution in [0.5, 0.6) is 0 Å². The third kappa shape index (κ3) is 4.30. The third-order valence-corrected chi connectivity index (χ3v) is 6.54. The average Bonchev–Trinajstić information content (AvgIpc) is 2.76. The zero-order valence-corrected chi connectivity index (χ0v) is 19.4. The van der Waals surface area contributed by atoms with Crippen LogP contribution in [0.4, 0.5) is 0 Å². The number of hydrogen-bond donors (Lipinski definition) is 0. The van der Waals surface area contributed by atoms with Crippen LogP contribution < -0.4 is 5.56 Å². The van der Waals surface area contributed by atoms with Crippen molar-refractivity contribution in [3.63, 3.8) is 0 Å². The first-order chi connectivity index (χ1) is 14.8. The van der Waals surface area contributed by atoms with Crippen molar-refractivity contribution >= 4 is 51.6 Å². The SMILES string of the molecule is CC(c1nc2ccc(Cl)cc2c(=O)n1C)N1CCN(C(=O)c2ccc(Cl)cc2Cl)CC1. The molecule has 0 bridgehead atoms. The molecular formula is C22H21Cl3N4O2. The fourth-order valence-corrected chi connectivity index (χ4v) is 4.60. The standard InChI is InChI=1S/C22H21Cl3N4O2/c1-13(20-26-19-6-4-14(23)11-17(19)21(30)27(20)2)28-7-9-29(10-8-28)22(31)16-5-3-15(24)12-18(16)25/h3-6,11-13H,7-10H2,1-2H3. The number of amides is 1. The molecule has 9 heteroatoms. The van der Waals surface area contributed by atoms with Crippen molar-refractivity contribution in [1.29, 1.82) is 0 Å². The molecule has 0 spiro atoms. The van der Waals surface area contributed by atoms with Gasteiger partial charge < -0.3 is 4.90 Å². The van der Waals surface area contributed by atoms with Crippen molar-refractivity contribution in [2.75, 3.05) is 26.2 Å². The first kappa shape index (κ1) is 22.1. The van der Waals surface area contributed by atoms with Gasteiger partial charge in [0, 0.05) is 43.3 Å². The molecule has 4 rings (SSSR count). The van der Waals surface area contributed by atoms with Gasteiger partial charge in [0.05, 0.1) is 27.5 Å². The van der Waals surface area contributed by atoms with E-state index in [-0.39, 0.29) is 17.5 Å². The van der Waals surface area contributed by atoms with Crippen LogP contribution in [0.25, 0.3) is 10.9 Å². The molecule has 1 aromatic heterocycles. The van der Waals surface area contributed by atoms with E-state index in [0.29, 0.717) is 63.5 Å². The first-order valence-corrected chi connectivity index (χ1v) is 11.0. The molecule has 162 valence electrons. The van der Waals surface area contributed by atoms with Crippen LogP contribution in [0, 0.1) is 0 Å². The molecule has 0 radical (unpaired) electrons. The Morgan fingerprint density at radius 1 is 1.00 bits per heavy atom. The average molecular weight is 480 g/mol. The fourth-order valence-electron chi connectivity index (χ4n) is 3.94. The summed E-state index contributed by atoms with van der Waals surface area (Å²) >= 11 is 18.2. The third-order valence-electron chi connectivity index (χ3n) is 5.76. The second kappa shape index (κ2) is 8.79. The number of rotatable bonds is 3. The minimum Gasteiger partial charge on any atom is -0.336 e. The zero-order valence-electron chi connectivity index (χ0n) is 17.1. The lowest BCUT2D eigenvalue weighted by Gasteiger charge is -2.38. The number of halogens is 3. The number of benzene rings is 2. The van der Waals surface area contributed by atoms with Crippen LogP contribution in [-0.4, -0.2) is 51.4 Å². The Kier molecular flexibility index (Phi) is 6.26. The summed E-state index contributed by atoms with van der Waals surface area (Å²) in [6, 6.07) is 9.95. The molecular weight excluding hydrogens is 459 g/mol. The molecule has 6 nitrogen and oxygen atoms in total. The highest BCUT2D eigenvalue weighted by molar-refractivity contribution is 6.36. The Balaban J connectivity index is 1.51. The zero-order chi connectivity index (χ0) is 22.3. The number of fused-ring (bicyclic) bond motifs is 1. The molecule has 31 heavy (non-hydrogen) atoms. The van der Waals surface area contributed by atoms with Gasteiger partial charge in [0.1, 0.15) is 5.82 Å². The molecule has 1 aliphatic rings. The van der Waals surface area contributed by atoms with Crippen molar-refractivity contribution < 1.29 is 4.79 Å². The highest BCUT2D eigenvalue weighted by Gasteiger charge is 2.28. The molecule has 1 amide bonds. The van der Waals surface area contributed by atoms with E-state index < -0.39 is 0 Å². The maximum atomic E-state index is 12.9. The molecule has 2 aromatic carbocycles. The summed E-state index contributed by atoms with van der Waals surface area (Å²) in [6.07, 6.45) is 0. The van der Waals surface area contributed by atoms with Crippen molar-refractivity contribution in [2.45, 2.75) is 13.0 Å². The molecule has 1 saturated heterocycles. The van der Waals surface area contributed by atoms with E-state index in [9.17, 15) is 9.59 Å². The van der Waals surface area contributed by atoms with Crippen LogP contribution in [0.3, 0.4) is 0 Å². The van der Waals surface area contributed by atoms with Crippen LogP contribution in [-0.2, 0) is 7.05 Å². The minimum atomic E-state index is -0.124. The highest BCUT2D eigenvalue weighted by Crippen LogP contribution is 2.25. The van der Waals surface area contributed by atoms with E-state index in [1.807, 2.05) is 6.92 Å². The number of nitrogens with zero attached hydrogens (tertiary/aromatic N) is 4. The van der Waals surface area contributed by atoms with E-state index in [1.54, 1.807) is 52.9 Å². The molecule has 2 heterocycles. The largest absolute Gasteiger partial charge is 0.336 e. The van der Waals surface area contributed by atoms with Crippen LogP contribution >= 0.6 is 34.8 Å². The van der Waals surface area contributed by atoms with Gasteiger partial charge in [-0.3, -0.25) is 19.1 Å². The molecule has 1 unspecified atom stereocenters. The topological polar surface area (TPSA) is 58.4 Å². The molecule has 1 fully saturated rings. The van der Waals surface area contributed by atoms with E-state index in [2.05, 4.69) is 4.90 Å². The van der Waals surface area contributed by atoms with E-state index >= 15 is 0 Å². The number of hydrogen-bond acceptors (Lipinski definition) is 4. The summed E-state index contributed by atoms with van der Waals surface area (Å²) < 4.78 is 1.58. The maximum Gasteiger partial charge on any atom is 0.261 e. The summed E-state index contributed by atoms with van der Waals surface area (Å²) in [4.78, 5) is 34.4. The number of aromatic nitrogens is 2. The number of carbonyl (C=O) groups excluding carboxylic acids is 1. The van der Waals surface area contributed by atoms with E-state index in [1.165, 1.54) is 0 Å². The van der Waals surface area contributed by atoms with Crippen LogP contribution in [0.1, 0.15) is 29.1 Å². The van der Waals surface area contributed by atoms with Crippen molar-refractivity contribution in [1.82, 2.24) is 19.4 Å². The fraction of sp³-hybridized carbons (Fsp3) is 0.318. The molecule has 0 aliphatic carbocycles. The van der Waals surface area contributed by atoms with Crippen molar-refractivity contribution in [3.05, 3.63) is 73.2 Å². The quantitative estimate of drug-likeness (QED) is 0.558. The smallest absolute Gasteiger partial charge is 0.261 e. The maximum absolute atomic E-state index is 12.9. The molecule has 1 atom stereocenters. The first-order valence-electron chi connectivity index (χ1n) is 9.91.